The van der Waals surface area contributed by atoms with E-state index in [9.17, 15) is 24.9 Å². The maximum atomic E-state index is 13.0. The molecule has 2 rings (SSSR count). The summed E-state index contributed by atoms with van der Waals surface area (Å²) < 4.78 is 10.9. The topological polar surface area (TPSA) is 117 Å². The van der Waals surface area contributed by atoms with Crippen molar-refractivity contribution in [1.29, 1.82) is 0 Å². The van der Waals surface area contributed by atoms with Crippen molar-refractivity contribution < 1.29 is 34.4 Å². The fourth-order valence-corrected chi connectivity index (χ4v) is 4.10. The van der Waals surface area contributed by atoms with E-state index in [1.807, 2.05) is 0 Å². The van der Waals surface area contributed by atoms with Gasteiger partial charge in [-0.1, -0.05) is 27.7 Å². The van der Waals surface area contributed by atoms with Crippen molar-refractivity contribution in [2.75, 3.05) is 6.61 Å². The lowest BCUT2D eigenvalue weighted by molar-refractivity contribution is -0.165. The Kier molecular flexibility index (Phi) is 6.72. The Morgan fingerprint density at radius 1 is 0.852 bits per heavy atom. The molecule has 0 saturated carbocycles. The fourth-order valence-electron chi connectivity index (χ4n) is 4.10. The van der Waals surface area contributed by atoms with Crippen LogP contribution < -0.4 is 0 Å². The summed E-state index contributed by atoms with van der Waals surface area (Å²) in [6, 6.07) is 0. The van der Waals surface area contributed by atoms with Gasteiger partial charge in [-0.15, -0.1) is 0 Å². The molecule has 0 aromatic heterocycles. The quantitative estimate of drug-likeness (QED) is 0.419. The largest absolute Gasteiger partial charge is 0.462 e. The van der Waals surface area contributed by atoms with Crippen molar-refractivity contribution in [3.05, 3.63) is 0 Å². The van der Waals surface area contributed by atoms with Gasteiger partial charge in [-0.2, -0.15) is 0 Å². The summed E-state index contributed by atoms with van der Waals surface area (Å²) in [5.41, 5.74) is -0.985. The lowest BCUT2D eigenvalue weighted by atomic mass is 9.76. The number of aliphatic hydroxyl groups excluding tert-OH is 3. The first kappa shape index (κ1) is 22.3. The average molecular weight is 386 g/mol. The maximum Gasteiger partial charge on any atom is 0.311 e. The van der Waals surface area contributed by atoms with Crippen LogP contribution >= 0.6 is 0 Å². The second-order valence-electron chi connectivity index (χ2n) is 8.74. The van der Waals surface area contributed by atoms with E-state index in [1.54, 1.807) is 41.5 Å². The second kappa shape index (κ2) is 8.15. The molecule has 2 saturated heterocycles. The van der Waals surface area contributed by atoms with Gasteiger partial charge in [0.15, 0.2) is 11.4 Å². The Hall–Kier alpha value is -1.02. The number of cyclic esters (lactones) is 1. The Bertz CT molecular complexity index is 559. The minimum Gasteiger partial charge on any atom is -0.462 e. The van der Waals surface area contributed by atoms with Gasteiger partial charge in [-0.05, 0) is 26.2 Å². The summed E-state index contributed by atoms with van der Waals surface area (Å²) in [4.78, 5) is 25.4. The van der Waals surface area contributed by atoms with Gasteiger partial charge in [0.2, 0.25) is 0 Å². The van der Waals surface area contributed by atoms with Crippen LogP contribution in [-0.2, 0) is 19.1 Å². The molecule has 3 N–H and O–H groups in total. The molecule has 0 radical (unpaired) electrons. The lowest BCUT2D eigenvalue weighted by Crippen LogP contribution is -2.47. The van der Waals surface area contributed by atoms with Gasteiger partial charge < -0.3 is 24.8 Å². The molecule has 2 heterocycles. The third kappa shape index (κ3) is 4.36. The van der Waals surface area contributed by atoms with Gasteiger partial charge in [0, 0.05) is 17.8 Å². The molecular formula is C20H34O7. The van der Waals surface area contributed by atoms with Crippen LogP contribution in [0.5, 0.6) is 0 Å². The van der Waals surface area contributed by atoms with E-state index >= 15 is 0 Å². The Labute approximate surface area is 161 Å². The molecule has 2 aliphatic heterocycles. The molecule has 0 aliphatic carbocycles. The van der Waals surface area contributed by atoms with Crippen molar-refractivity contribution in [1.82, 2.24) is 0 Å². The van der Waals surface area contributed by atoms with E-state index in [1.165, 1.54) is 0 Å². The van der Waals surface area contributed by atoms with Gasteiger partial charge >= 0.3 is 5.97 Å². The van der Waals surface area contributed by atoms with Crippen molar-refractivity contribution in [2.45, 2.75) is 78.0 Å². The zero-order valence-electron chi connectivity index (χ0n) is 17.1. The summed E-state index contributed by atoms with van der Waals surface area (Å²) in [6.45, 7) is 10.4. The summed E-state index contributed by atoms with van der Waals surface area (Å²) in [6.07, 6.45) is -3.32. The molecule has 2 aliphatic rings. The minimum atomic E-state index is -1.09. The van der Waals surface area contributed by atoms with E-state index in [4.69, 9.17) is 9.47 Å². The van der Waals surface area contributed by atoms with E-state index in [2.05, 4.69) is 0 Å². The SMILES string of the molecule is CC1OC(=O)[C@H](C)[C@@H](O)[C@H](C)[C@@H](O)C(C)C[C@@]2(CO2)C(=O)[C@H](C)[C@@H](O)[C@H]1C. The minimum absolute atomic E-state index is 0.196. The maximum absolute atomic E-state index is 13.0. The zero-order chi connectivity index (χ0) is 20.7. The van der Waals surface area contributed by atoms with E-state index in [0.29, 0.717) is 6.42 Å². The van der Waals surface area contributed by atoms with Crippen molar-refractivity contribution in [3.63, 3.8) is 0 Å². The molecule has 27 heavy (non-hydrogen) atoms. The van der Waals surface area contributed by atoms with Crippen LogP contribution in [0.3, 0.4) is 0 Å². The monoisotopic (exact) mass is 386 g/mol. The van der Waals surface area contributed by atoms with Gasteiger partial charge in [-0.25, -0.2) is 0 Å². The summed E-state index contributed by atoms with van der Waals surface area (Å²) in [7, 11) is 0. The number of Topliss-reactive ketones (excluding diaryl/α,β-unsaturated/α-hetero) is 1. The number of aliphatic hydroxyl groups is 3. The van der Waals surface area contributed by atoms with Crippen LogP contribution in [0.4, 0.5) is 0 Å². The van der Waals surface area contributed by atoms with E-state index in [0.717, 1.165) is 0 Å². The first-order valence-electron chi connectivity index (χ1n) is 9.86. The molecule has 0 bridgehead atoms. The normalized spacial score (nSPS) is 50.2. The first-order valence-corrected chi connectivity index (χ1v) is 9.86. The first-order chi connectivity index (χ1) is 12.4. The zero-order valence-corrected chi connectivity index (χ0v) is 17.1. The highest BCUT2D eigenvalue weighted by Crippen LogP contribution is 2.41. The molecular weight excluding hydrogens is 352 g/mol. The number of epoxide rings is 1. The molecule has 2 fully saturated rings. The molecule has 0 amide bonds. The Morgan fingerprint density at radius 2 is 1.37 bits per heavy atom. The smallest absolute Gasteiger partial charge is 0.311 e. The molecule has 156 valence electrons. The standard InChI is InChI=1S/C20H34O7/c1-9-7-20(8-26-20)18(24)12(4)16(22)10(2)14(6)27-19(25)13(5)17(23)11(3)15(9)21/h9-17,21-23H,7-8H2,1-6H3/t9?,10-,11+,12+,13+,14?,15-,16-,17-,20+/m0/s1. The lowest BCUT2D eigenvalue weighted by Gasteiger charge is -2.35. The Morgan fingerprint density at radius 3 is 1.89 bits per heavy atom. The molecule has 7 nitrogen and oxygen atoms in total. The van der Waals surface area contributed by atoms with Crippen LogP contribution in [0, 0.1) is 29.6 Å². The number of ether oxygens (including phenoxy) is 2. The number of carbonyl (C=O) groups is 2. The number of hydrogen-bond donors (Lipinski definition) is 3. The molecule has 0 aromatic rings. The van der Waals surface area contributed by atoms with Crippen molar-refractivity contribution in [2.24, 2.45) is 29.6 Å². The summed E-state index contributed by atoms with van der Waals surface area (Å²) in [5, 5.41) is 31.9. The summed E-state index contributed by atoms with van der Waals surface area (Å²) in [5.74, 6) is -3.65. The van der Waals surface area contributed by atoms with Crippen LogP contribution in [-0.4, -0.2) is 63.7 Å². The van der Waals surface area contributed by atoms with Gasteiger partial charge in [0.05, 0.1) is 30.8 Å². The number of esters is 1. The predicted octanol–water partition coefficient (Wildman–Crippen LogP) is 0.923. The third-order valence-corrected chi connectivity index (χ3v) is 6.65. The summed E-state index contributed by atoms with van der Waals surface area (Å²) >= 11 is 0. The van der Waals surface area contributed by atoms with Gasteiger partial charge in [0.1, 0.15) is 6.10 Å². The number of carbonyl (C=O) groups excluding carboxylic acids is 2. The fraction of sp³-hybridized carbons (Fsp3) is 0.900. The van der Waals surface area contributed by atoms with E-state index in [-0.39, 0.29) is 18.3 Å². The van der Waals surface area contributed by atoms with Crippen molar-refractivity contribution in [3.8, 4) is 0 Å². The molecule has 0 aromatic carbocycles. The number of rotatable bonds is 0. The highest BCUT2D eigenvalue weighted by atomic mass is 16.6. The van der Waals surface area contributed by atoms with Crippen LogP contribution in [0.1, 0.15) is 48.0 Å². The average Bonchev–Trinajstić information content (AvgIpc) is 3.42. The van der Waals surface area contributed by atoms with Gasteiger partial charge in [-0.3, -0.25) is 9.59 Å². The second-order valence-corrected chi connectivity index (χ2v) is 8.74. The van der Waals surface area contributed by atoms with E-state index < -0.39 is 59.7 Å². The highest BCUT2D eigenvalue weighted by Gasteiger charge is 2.56. The molecule has 2 unspecified atom stereocenters. The third-order valence-electron chi connectivity index (χ3n) is 6.65. The number of hydrogen-bond acceptors (Lipinski definition) is 7. The van der Waals surface area contributed by atoms with Crippen LogP contribution in [0.25, 0.3) is 0 Å². The van der Waals surface area contributed by atoms with Crippen LogP contribution in [0.15, 0.2) is 0 Å². The Balaban J connectivity index is 2.34. The molecule has 10 atom stereocenters. The molecule has 7 heteroatoms. The van der Waals surface area contributed by atoms with Crippen molar-refractivity contribution >= 4 is 11.8 Å². The molecule has 1 spiro atoms. The predicted molar refractivity (Wildman–Crippen MR) is 97.7 cm³/mol. The van der Waals surface area contributed by atoms with Crippen LogP contribution in [0.2, 0.25) is 0 Å². The van der Waals surface area contributed by atoms with Gasteiger partial charge in [0.25, 0.3) is 0 Å². The number of ketones is 1. The highest BCUT2D eigenvalue weighted by molar-refractivity contribution is 5.92.